The van der Waals surface area contributed by atoms with Crippen LogP contribution in [-0.4, -0.2) is 69.4 Å². The highest BCUT2D eigenvalue weighted by Crippen LogP contribution is 2.40. The van der Waals surface area contributed by atoms with Gasteiger partial charge in [-0.15, -0.1) is 0 Å². The Kier molecular flexibility index (Phi) is 7.51. The molecule has 2 heterocycles. The summed E-state index contributed by atoms with van der Waals surface area (Å²) in [6.07, 6.45) is 5.42. The van der Waals surface area contributed by atoms with E-state index >= 15 is 0 Å². The summed E-state index contributed by atoms with van der Waals surface area (Å²) >= 11 is 1.48. The topological polar surface area (TPSA) is 64.1 Å². The SMILES string of the molecule is COc1ccc(OC)c2sc(N(CCCN3CCOCC3)C(=O)c3ccc4c(c3)CCCC4)nc12. The molecule has 1 saturated heterocycles. The summed E-state index contributed by atoms with van der Waals surface area (Å²) in [4.78, 5) is 23.0. The summed E-state index contributed by atoms with van der Waals surface area (Å²) in [5.41, 5.74) is 4.14. The van der Waals surface area contributed by atoms with Gasteiger partial charge < -0.3 is 14.2 Å². The maximum Gasteiger partial charge on any atom is 0.260 e. The van der Waals surface area contributed by atoms with E-state index in [-0.39, 0.29) is 5.91 Å². The van der Waals surface area contributed by atoms with Crippen LogP contribution in [0.5, 0.6) is 11.5 Å². The number of anilines is 1. The van der Waals surface area contributed by atoms with Crippen LogP contribution in [-0.2, 0) is 17.6 Å². The summed E-state index contributed by atoms with van der Waals surface area (Å²) < 4.78 is 17.5. The number of thiazole rings is 1. The first-order chi connectivity index (χ1) is 17.2. The van der Waals surface area contributed by atoms with E-state index in [1.54, 1.807) is 14.2 Å². The van der Waals surface area contributed by atoms with Crippen molar-refractivity contribution < 1.29 is 19.0 Å². The summed E-state index contributed by atoms with van der Waals surface area (Å²) in [6.45, 7) is 4.94. The normalized spacial score (nSPS) is 16.2. The van der Waals surface area contributed by atoms with Crippen LogP contribution in [0.3, 0.4) is 0 Å². The van der Waals surface area contributed by atoms with Gasteiger partial charge in [0.05, 0.1) is 27.4 Å². The fourth-order valence-corrected chi connectivity index (χ4v) is 6.07. The molecular weight excluding hydrogens is 462 g/mol. The quantitative estimate of drug-likeness (QED) is 0.457. The van der Waals surface area contributed by atoms with E-state index in [0.717, 1.165) is 73.6 Å². The maximum absolute atomic E-state index is 13.9. The highest BCUT2D eigenvalue weighted by molar-refractivity contribution is 7.22. The van der Waals surface area contributed by atoms with Gasteiger partial charge >= 0.3 is 0 Å². The van der Waals surface area contributed by atoms with Gasteiger partial charge in [0.25, 0.3) is 5.91 Å². The first-order valence-corrected chi connectivity index (χ1v) is 13.2. The van der Waals surface area contributed by atoms with Crippen LogP contribution in [0.4, 0.5) is 5.13 Å². The first kappa shape index (κ1) is 24.0. The molecule has 0 spiro atoms. The molecule has 3 aromatic rings. The zero-order valence-corrected chi connectivity index (χ0v) is 21.4. The molecule has 0 atom stereocenters. The molecule has 0 saturated carbocycles. The van der Waals surface area contributed by atoms with E-state index in [2.05, 4.69) is 17.0 Å². The number of methoxy groups -OCH3 is 2. The third-order valence-electron chi connectivity index (χ3n) is 6.93. The van der Waals surface area contributed by atoms with Crippen LogP contribution in [0.1, 0.15) is 40.7 Å². The van der Waals surface area contributed by atoms with Crippen molar-refractivity contribution in [3.8, 4) is 11.5 Å². The minimum Gasteiger partial charge on any atom is -0.495 e. The molecule has 8 heteroatoms. The summed E-state index contributed by atoms with van der Waals surface area (Å²) in [5.74, 6) is 1.41. The Balaban J connectivity index is 1.46. The Morgan fingerprint density at radius 1 is 1.06 bits per heavy atom. The molecule has 2 aromatic carbocycles. The van der Waals surface area contributed by atoms with Gasteiger partial charge in [0.15, 0.2) is 5.13 Å². The Morgan fingerprint density at radius 2 is 1.80 bits per heavy atom. The van der Waals surface area contributed by atoms with E-state index in [1.165, 1.54) is 35.3 Å². The predicted octanol–water partition coefficient (Wildman–Crippen LogP) is 4.56. The van der Waals surface area contributed by atoms with Crippen molar-refractivity contribution in [3.05, 3.63) is 47.0 Å². The molecule has 186 valence electrons. The van der Waals surface area contributed by atoms with Crippen LogP contribution in [0.2, 0.25) is 0 Å². The number of aryl methyl sites for hydroxylation is 2. The number of hydrogen-bond acceptors (Lipinski definition) is 7. The highest BCUT2D eigenvalue weighted by atomic mass is 32.1. The van der Waals surface area contributed by atoms with E-state index in [0.29, 0.717) is 17.4 Å². The molecule has 1 aliphatic heterocycles. The fraction of sp³-hybridized carbons (Fsp3) is 0.481. The number of nitrogens with zero attached hydrogens (tertiary/aromatic N) is 3. The molecule has 0 bridgehead atoms. The second-order valence-electron chi connectivity index (χ2n) is 9.10. The lowest BCUT2D eigenvalue weighted by molar-refractivity contribution is 0.0376. The number of hydrogen-bond donors (Lipinski definition) is 0. The molecule has 1 fully saturated rings. The number of amides is 1. The first-order valence-electron chi connectivity index (χ1n) is 12.4. The third-order valence-corrected chi connectivity index (χ3v) is 8.02. The number of rotatable bonds is 8. The lowest BCUT2D eigenvalue weighted by atomic mass is 9.90. The average Bonchev–Trinajstić information content (AvgIpc) is 3.35. The predicted molar refractivity (Wildman–Crippen MR) is 139 cm³/mol. The molecule has 1 aliphatic carbocycles. The largest absolute Gasteiger partial charge is 0.495 e. The smallest absolute Gasteiger partial charge is 0.260 e. The molecule has 1 aromatic heterocycles. The summed E-state index contributed by atoms with van der Waals surface area (Å²) in [7, 11) is 3.29. The molecular formula is C27H33N3O4S. The number of morpholine rings is 1. The monoisotopic (exact) mass is 495 g/mol. The minimum absolute atomic E-state index is 0.00246. The van der Waals surface area contributed by atoms with Gasteiger partial charge in [-0.25, -0.2) is 4.98 Å². The van der Waals surface area contributed by atoms with E-state index in [1.807, 2.05) is 23.1 Å². The number of carbonyl (C=O) groups excluding carboxylic acids is 1. The summed E-state index contributed by atoms with van der Waals surface area (Å²) in [6, 6.07) is 9.96. The van der Waals surface area contributed by atoms with Crippen molar-refractivity contribution in [2.75, 3.05) is 58.5 Å². The number of ether oxygens (including phenoxy) is 3. The molecule has 7 nitrogen and oxygen atoms in total. The number of fused-ring (bicyclic) bond motifs is 2. The molecule has 35 heavy (non-hydrogen) atoms. The van der Waals surface area contributed by atoms with Crippen LogP contribution in [0.15, 0.2) is 30.3 Å². The van der Waals surface area contributed by atoms with Crippen LogP contribution < -0.4 is 14.4 Å². The number of benzene rings is 2. The van der Waals surface area contributed by atoms with Gasteiger partial charge in [0.1, 0.15) is 21.7 Å². The van der Waals surface area contributed by atoms with Crippen molar-refractivity contribution in [1.29, 1.82) is 0 Å². The van der Waals surface area contributed by atoms with Crippen LogP contribution in [0.25, 0.3) is 10.2 Å². The highest BCUT2D eigenvalue weighted by Gasteiger charge is 2.25. The van der Waals surface area contributed by atoms with Crippen molar-refractivity contribution in [2.24, 2.45) is 0 Å². The molecule has 0 radical (unpaired) electrons. The van der Waals surface area contributed by atoms with Gasteiger partial charge in [0, 0.05) is 31.7 Å². The van der Waals surface area contributed by atoms with Crippen molar-refractivity contribution in [2.45, 2.75) is 32.1 Å². The van der Waals surface area contributed by atoms with Crippen molar-refractivity contribution in [3.63, 3.8) is 0 Å². The van der Waals surface area contributed by atoms with Crippen LogP contribution >= 0.6 is 11.3 Å². The van der Waals surface area contributed by atoms with Gasteiger partial charge in [-0.2, -0.15) is 0 Å². The Hall–Kier alpha value is -2.68. The van der Waals surface area contributed by atoms with E-state index in [4.69, 9.17) is 19.2 Å². The fourth-order valence-electron chi connectivity index (χ4n) is 4.97. The van der Waals surface area contributed by atoms with E-state index in [9.17, 15) is 4.79 Å². The van der Waals surface area contributed by atoms with Gasteiger partial charge in [0.2, 0.25) is 0 Å². The third kappa shape index (κ3) is 5.15. The number of aromatic nitrogens is 1. The van der Waals surface area contributed by atoms with Gasteiger partial charge in [-0.05, 0) is 67.5 Å². The van der Waals surface area contributed by atoms with Crippen molar-refractivity contribution >= 4 is 32.6 Å². The lowest BCUT2D eigenvalue weighted by Gasteiger charge is -2.28. The molecule has 5 rings (SSSR count). The standard InChI is InChI=1S/C27H33N3O4S/c1-32-22-10-11-23(33-2)25-24(22)28-27(35-25)30(13-5-12-29-14-16-34-17-15-29)26(31)21-9-8-19-6-3-4-7-20(19)18-21/h8-11,18H,3-7,12-17H2,1-2H3. The van der Waals surface area contributed by atoms with Crippen molar-refractivity contribution in [1.82, 2.24) is 9.88 Å². The number of carbonyl (C=O) groups is 1. The zero-order chi connectivity index (χ0) is 24.2. The second-order valence-corrected chi connectivity index (χ2v) is 10.1. The van der Waals surface area contributed by atoms with E-state index < -0.39 is 0 Å². The Morgan fingerprint density at radius 3 is 2.57 bits per heavy atom. The Labute approximate surface area is 210 Å². The van der Waals surface area contributed by atoms with Crippen LogP contribution in [0, 0.1) is 0 Å². The molecule has 0 N–H and O–H groups in total. The molecule has 2 aliphatic rings. The maximum atomic E-state index is 13.9. The molecule has 0 unspecified atom stereocenters. The second kappa shape index (κ2) is 10.9. The van der Waals surface area contributed by atoms with Gasteiger partial charge in [-0.1, -0.05) is 17.4 Å². The summed E-state index contributed by atoms with van der Waals surface area (Å²) in [5, 5.41) is 0.674. The van der Waals surface area contributed by atoms with Gasteiger partial charge in [-0.3, -0.25) is 14.6 Å². The zero-order valence-electron chi connectivity index (χ0n) is 20.5. The molecule has 1 amide bonds. The average molecular weight is 496 g/mol. The Bertz CT molecular complexity index is 1150. The minimum atomic E-state index is -0.00246. The lowest BCUT2D eigenvalue weighted by Crippen LogP contribution is -2.39.